The van der Waals surface area contributed by atoms with E-state index in [2.05, 4.69) is 11.4 Å². The molecule has 1 saturated carbocycles. The first-order valence-electron chi connectivity index (χ1n) is 10.7. The molecular weight excluding hydrogens is 372 g/mol. The minimum atomic E-state index is -0.569. The molecule has 4 aliphatic heterocycles. The number of hydrogen-bond acceptors (Lipinski definition) is 5. The summed E-state index contributed by atoms with van der Waals surface area (Å²) in [4.78, 5) is 26.8. The van der Waals surface area contributed by atoms with Crippen LogP contribution in [-0.4, -0.2) is 61.0 Å². The monoisotopic (exact) mass is 400 g/mol. The van der Waals surface area contributed by atoms with E-state index in [0.717, 1.165) is 44.3 Å². The molecule has 0 aromatic heterocycles. The van der Waals surface area contributed by atoms with Crippen LogP contribution in [0.3, 0.4) is 0 Å². The smallest absolute Gasteiger partial charge is 0.407 e. The predicted octanol–water partition coefficient (Wildman–Crippen LogP) is 2.59. The molecule has 0 radical (unpaired) electrons. The van der Waals surface area contributed by atoms with Crippen LogP contribution in [0.25, 0.3) is 0 Å². The lowest BCUT2D eigenvalue weighted by atomic mass is 9.81. The van der Waals surface area contributed by atoms with Crippen LogP contribution in [0.1, 0.15) is 50.0 Å². The highest BCUT2D eigenvalue weighted by molar-refractivity contribution is 5.79. The predicted molar refractivity (Wildman–Crippen MR) is 105 cm³/mol. The molecule has 1 N–H and O–H groups in total. The molecule has 2 amide bonds. The third kappa shape index (κ3) is 3.45. The number of para-hydroxylation sites is 1. The molecule has 1 aliphatic carbocycles. The Hall–Kier alpha value is -2.28. The maximum atomic E-state index is 13.2. The summed E-state index contributed by atoms with van der Waals surface area (Å²) >= 11 is 0. The number of piperidine rings is 1. The Morgan fingerprint density at radius 1 is 1.07 bits per heavy atom. The first-order valence-corrected chi connectivity index (χ1v) is 10.7. The maximum Gasteiger partial charge on any atom is 0.407 e. The highest BCUT2D eigenvalue weighted by Gasteiger charge is 2.52. The number of benzene rings is 1. The Kier molecular flexibility index (Phi) is 4.86. The van der Waals surface area contributed by atoms with Gasteiger partial charge in [-0.15, -0.1) is 0 Å². The SMILES string of the molecule is O=C1N[C@@]2(CCCN3C(=O)COc4ccccc4C4CCC(CC4)OC[C@@H]32)CO1. The summed E-state index contributed by atoms with van der Waals surface area (Å²) in [6.45, 7) is 1.33. The van der Waals surface area contributed by atoms with Crippen LogP contribution < -0.4 is 10.1 Å². The Bertz CT molecular complexity index is 791. The van der Waals surface area contributed by atoms with Gasteiger partial charge < -0.3 is 24.4 Å². The number of alkyl carbamates (subject to hydrolysis) is 1. The number of hydrogen-bond donors (Lipinski definition) is 1. The molecule has 7 nitrogen and oxygen atoms in total. The van der Waals surface area contributed by atoms with E-state index in [4.69, 9.17) is 14.2 Å². The van der Waals surface area contributed by atoms with Crippen molar-refractivity contribution in [2.24, 2.45) is 0 Å². The standard InChI is InChI=1S/C22H28N2O5/c25-20-13-28-18-5-2-1-4-17(18)15-6-8-16(9-7-15)27-12-19-22(10-3-11-24(19)20)14-29-21(26)23-22/h1-2,4-5,15-16,19H,3,6-14H2,(H,23,26)/t15?,16?,19-,22+/m1/s1. The van der Waals surface area contributed by atoms with Crippen molar-refractivity contribution in [1.29, 1.82) is 0 Å². The van der Waals surface area contributed by atoms with Crippen LogP contribution in [0.15, 0.2) is 24.3 Å². The quantitative estimate of drug-likeness (QED) is 0.724. The summed E-state index contributed by atoms with van der Waals surface area (Å²) in [5, 5.41) is 3.00. The van der Waals surface area contributed by atoms with Crippen molar-refractivity contribution in [3.63, 3.8) is 0 Å². The summed E-state index contributed by atoms with van der Waals surface area (Å²) in [6, 6.07) is 7.84. The van der Waals surface area contributed by atoms with Gasteiger partial charge in [0, 0.05) is 6.54 Å². The maximum absolute atomic E-state index is 13.2. The molecule has 2 bridgehead atoms. The highest BCUT2D eigenvalue weighted by atomic mass is 16.6. The molecule has 7 heteroatoms. The van der Waals surface area contributed by atoms with Gasteiger partial charge in [-0.3, -0.25) is 4.79 Å². The second-order valence-corrected chi connectivity index (χ2v) is 8.70. The fourth-order valence-electron chi connectivity index (χ4n) is 5.46. The molecule has 29 heavy (non-hydrogen) atoms. The van der Waals surface area contributed by atoms with Crippen molar-refractivity contribution in [3.8, 4) is 5.75 Å². The summed E-state index contributed by atoms with van der Waals surface area (Å²) in [6.07, 6.45) is 5.48. The van der Waals surface area contributed by atoms with E-state index in [1.807, 2.05) is 23.1 Å². The molecule has 156 valence electrons. The molecular formula is C22H28N2O5. The first kappa shape index (κ1) is 18.7. The summed E-state index contributed by atoms with van der Waals surface area (Å²) in [5.41, 5.74) is 0.626. The fourth-order valence-corrected chi connectivity index (χ4v) is 5.46. The largest absolute Gasteiger partial charge is 0.483 e. The molecule has 4 heterocycles. The van der Waals surface area contributed by atoms with E-state index in [9.17, 15) is 9.59 Å². The Balaban J connectivity index is 1.46. The molecule has 0 unspecified atom stereocenters. The number of amides is 2. The van der Waals surface area contributed by atoms with Crippen LogP contribution in [0.2, 0.25) is 0 Å². The second-order valence-electron chi connectivity index (χ2n) is 8.70. The zero-order valence-corrected chi connectivity index (χ0v) is 16.6. The van der Waals surface area contributed by atoms with Crippen molar-refractivity contribution in [3.05, 3.63) is 29.8 Å². The van der Waals surface area contributed by atoms with Crippen LogP contribution in [0, 0.1) is 0 Å². The topological polar surface area (TPSA) is 77.1 Å². The number of carbonyl (C=O) groups excluding carboxylic acids is 2. The van der Waals surface area contributed by atoms with Gasteiger partial charge >= 0.3 is 6.09 Å². The van der Waals surface area contributed by atoms with E-state index in [0.29, 0.717) is 19.1 Å². The zero-order valence-electron chi connectivity index (χ0n) is 16.6. The molecule has 1 aromatic rings. The van der Waals surface area contributed by atoms with Gasteiger partial charge in [0.15, 0.2) is 6.61 Å². The number of nitrogens with one attached hydrogen (secondary N) is 1. The number of nitrogens with zero attached hydrogens (tertiary/aromatic N) is 1. The molecule has 1 spiro atoms. The molecule has 2 atom stereocenters. The van der Waals surface area contributed by atoms with Gasteiger partial charge in [-0.1, -0.05) is 18.2 Å². The third-order valence-electron chi connectivity index (χ3n) is 7.04. The summed E-state index contributed by atoms with van der Waals surface area (Å²) in [5.74, 6) is 1.18. The number of fused-ring (bicyclic) bond motifs is 5. The second kappa shape index (κ2) is 7.52. The lowest BCUT2D eigenvalue weighted by Crippen LogP contribution is -2.66. The third-order valence-corrected chi connectivity index (χ3v) is 7.04. The van der Waals surface area contributed by atoms with Crippen molar-refractivity contribution >= 4 is 12.0 Å². The fraction of sp³-hybridized carbons (Fsp3) is 0.636. The normalized spacial score (nSPS) is 34.8. The lowest BCUT2D eigenvalue weighted by molar-refractivity contribution is -0.143. The van der Waals surface area contributed by atoms with Crippen LogP contribution in [-0.2, 0) is 14.3 Å². The van der Waals surface area contributed by atoms with Gasteiger partial charge in [0.1, 0.15) is 17.9 Å². The van der Waals surface area contributed by atoms with E-state index in [1.54, 1.807) is 0 Å². The molecule has 1 aromatic carbocycles. The average molecular weight is 400 g/mol. The van der Waals surface area contributed by atoms with Crippen molar-refractivity contribution in [2.45, 2.75) is 62.1 Å². The van der Waals surface area contributed by atoms with Crippen molar-refractivity contribution < 1.29 is 23.8 Å². The van der Waals surface area contributed by atoms with Crippen molar-refractivity contribution in [1.82, 2.24) is 10.2 Å². The van der Waals surface area contributed by atoms with Crippen LogP contribution in [0.4, 0.5) is 4.79 Å². The van der Waals surface area contributed by atoms with E-state index in [1.165, 1.54) is 5.56 Å². The lowest BCUT2D eigenvalue weighted by Gasteiger charge is -2.46. The molecule has 6 rings (SSSR count). The number of carbonyl (C=O) groups is 2. The highest BCUT2D eigenvalue weighted by Crippen LogP contribution is 2.39. The van der Waals surface area contributed by atoms with Crippen LogP contribution >= 0.6 is 0 Å². The Morgan fingerprint density at radius 3 is 2.69 bits per heavy atom. The minimum Gasteiger partial charge on any atom is -0.483 e. The first-order chi connectivity index (χ1) is 14.1. The van der Waals surface area contributed by atoms with Gasteiger partial charge in [-0.2, -0.15) is 0 Å². The molecule has 3 fully saturated rings. The Labute approximate surface area is 170 Å². The number of ether oxygens (including phenoxy) is 3. The van der Waals surface area contributed by atoms with Gasteiger partial charge in [0.05, 0.1) is 18.8 Å². The van der Waals surface area contributed by atoms with Gasteiger partial charge in [0.2, 0.25) is 0 Å². The summed E-state index contributed by atoms with van der Waals surface area (Å²) < 4.78 is 17.6. The number of cyclic esters (lactones) is 1. The van der Waals surface area contributed by atoms with E-state index in [-0.39, 0.29) is 31.3 Å². The minimum absolute atomic E-state index is 0.00541. The summed E-state index contributed by atoms with van der Waals surface area (Å²) in [7, 11) is 0. The average Bonchev–Trinajstić information content (AvgIpc) is 3.12. The molecule has 2 saturated heterocycles. The van der Waals surface area contributed by atoms with Crippen LogP contribution in [0.5, 0.6) is 5.75 Å². The van der Waals surface area contributed by atoms with Gasteiger partial charge in [-0.05, 0) is 56.1 Å². The zero-order chi connectivity index (χ0) is 19.8. The van der Waals surface area contributed by atoms with Gasteiger partial charge in [0.25, 0.3) is 5.91 Å². The Morgan fingerprint density at radius 2 is 1.90 bits per heavy atom. The number of rotatable bonds is 0. The van der Waals surface area contributed by atoms with E-state index >= 15 is 0 Å². The van der Waals surface area contributed by atoms with Gasteiger partial charge in [-0.25, -0.2) is 4.79 Å². The van der Waals surface area contributed by atoms with Crippen molar-refractivity contribution in [2.75, 3.05) is 26.4 Å². The van der Waals surface area contributed by atoms with E-state index < -0.39 is 11.6 Å². The molecule has 5 aliphatic rings.